The van der Waals surface area contributed by atoms with Gasteiger partial charge in [0.25, 0.3) is 5.69 Å². The van der Waals surface area contributed by atoms with Crippen molar-refractivity contribution in [2.45, 2.75) is 24.9 Å². The standard InChI is InChI=1S/C19H21N3O6S/c1-13-4-9-17(12-18(13)22(24)25)29(26,27)21-11-10-20(14(2)23)19(21)15-5-7-16(28-3)8-6-15/h4-9,12,19H,10-11H2,1-3H3/t19-/m0/s1. The molecule has 0 aromatic heterocycles. The fraction of sp³-hybridized carbons (Fsp3) is 0.316. The maximum Gasteiger partial charge on any atom is 0.273 e. The number of nitrogens with zero attached hydrogens (tertiary/aromatic N) is 3. The van der Waals surface area contributed by atoms with E-state index in [1.807, 2.05) is 0 Å². The number of methoxy groups -OCH3 is 1. The van der Waals surface area contributed by atoms with Crippen LogP contribution in [0.1, 0.15) is 24.2 Å². The summed E-state index contributed by atoms with van der Waals surface area (Å²) in [5.74, 6) is 0.336. The molecular weight excluding hydrogens is 398 g/mol. The summed E-state index contributed by atoms with van der Waals surface area (Å²) in [5, 5.41) is 11.2. The van der Waals surface area contributed by atoms with Crippen molar-refractivity contribution >= 4 is 21.6 Å². The van der Waals surface area contributed by atoms with Crippen LogP contribution in [-0.4, -0.2) is 48.7 Å². The van der Waals surface area contributed by atoms with E-state index in [9.17, 15) is 23.3 Å². The van der Waals surface area contributed by atoms with Crippen molar-refractivity contribution in [1.82, 2.24) is 9.21 Å². The van der Waals surface area contributed by atoms with Crippen LogP contribution in [0.25, 0.3) is 0 Å². The average molecular weight is 419 g/mol. The lowest BCUT2D eigenvalue weighted by atomic mass is 10.1. The van der Waals surface area contributed by atoms with E-state index < -0.39 is 21.1 Å². The highest BCUT2D eigenvalue weighted by Gasteiger charge is 2.42. The minimum Gasteiger partial charge on any atom is -0.497 e. The molecule has 1 aliphatic heterocycles. The molecule has 0 N–H and O–H groups in total. The lowest BCUT2D eigenvalue weighted by molar-refractivity contribution is -0.385. The Hall–Kier alpha value is -2.98. The third-order valence-corrected chi connectivity index (χ3v) is 6.78. The van der Waals surface area contributed by atoms with E-state index in [1.54, 1.807) is 31.2 Å². The number of hydrogen-bond acceptors (Lipinski definition) is 6. The van der Waals surface area contributed by atoms with Crippen LogP contribution in [0.4, 0.5) is 5.69 Å². The second kappa shape index (κ2) is 7.80. The fourth-order valence-electron chi connectivity index (χ4n) is 3.39. The Balaban J connectivity index is 2.07. The van der Waals surface area contributed by atoms with Gasteiger partial charge < -0.3 is 9.64 Å². The number of ether oxygens (including phenoxy) is 1. The van der Waals surface area contributed by atoms with E-state index in [2.05, 4.69) is 0 Å². The maximum absolute atomic E-state index is 13.3. The van der Waals surface area contributed by atoms with Crippen molar-refractivity contribution in [3.05, 3.63) is 63.7 Å². The highest BCUT2D eigenvalue weighted by molar-refractivity contribution is 7.89. The van der Waals surface area contributed by atoms with Gasteiger partial charge in [0.15, 0.2) is 0 Å². The molecule has 0 aliphatic carbocycles. The summed E-state index contributed by atoms with van der Waals surface area (Å²) < 4.78 is 33.0. The van der Waals surface area contributed by atoms with Crippen molar-refractivity contribution in [3.63, 3.8) is 0 Å². The molecule has 1 fully saturated rings. The van der Waals surface area contributed by atoms with Crippen LogP contribution in [0.15, 0.2) is 47.4 Å². The molecule has 3 rings (SSSR count). The molecule has 1 heterocycles. The van der Waals surface area contributed by atoms with Crippen molar-refractivity contribution < 1.29 is 22.9 Å². The summed E-state index contributed by atoms with van der Waals surface area (Å²) in [6, 6.07) is 10.6. The number of nitro groups is 1. The predicted molar refractivity (Wildman–Crippen MR) is 105 cm³/mol. The minimum absolute atomic E-state index is 0.0836. The molecule has 2 aromatic carbocycles. The number of rotatable bonds is 5. The second-order valence-corrected chi connectivity index (χ2v) is 8.57. The van der Waals surface area contributed by atoms with Gasteiger partial charge in [0.05, 0.1) is 16.9 Å². The molecule has 0 spiro atoms. The Bertz CT molecular complexity index is 1050. The molecule has 1 atom stereocenters. The number of amides is 1. The van der Waals surface area contributed by atoms with Crippen LogP contribution < -0.4 is 4.74 Å². The van der Waals surface area contributed by atoms with Crippen LogP contribution in [0.3, 0.4) is 0 Å². The number of carbonyl (C=O) groups is 1. The zero-order valence-corrected chi connectivity index (χ0v) is 17.0. The summed E-state index contributed by atoms with van der Waals surface area (Å²) in [4.78, 5) is 24.1. The van der Waals surface area contributed by atoms with Gasteiger partial charge in [-0.25, -0.2) is 8.42 Å². The Morgan fingerprint density at radius 1 is 1.17 bits per heavy atom. The molecule has 154 valence electrons. The zero-order chi connectivity index (χ0) is 21.3. The van der Waals surface area contributed by atoms with Gasteiger partial charge in [0, 0.05) is 31.6 Å². The monoisotopic (exact) mass is 419 g/mol. The third-order valence-electron chi connectivity index (χ3n) is 4.93. The Morgan fingerprint density at radius 3 is 2.38 bits per heavy atom. The van der Waals surface area contributed by atoms with Crippen molar-refractivity contribution in [2.24, 2.45) is 0 Å². The minimum atomic E-state index is -4.09. The van der Waals surface area contributed by atoms with Gasteiger partial charge in [-0.3, -0.25) is 14.9 Å². The van der Waals surface area contributed by atoms with E-state index in [4.69, 9.17) is 4.74 Å². The first-order valence-electron chi connectivity index (χ1n) is 8.85. The summed E-state index contributed by atoms with van der Waals surface area (Å²) >= 11 is 0. The van der Waals surface area contributed by atoms with Gasteiger partial charge >= 0.3 is 0 Å². The number of aryl methyl sites for hydroxylation is 1. The summed E-state index contributed by atoms with van der Waals surface area (Å²) in [5.41, 5.74) is 0.700. The smallest absolute Gasteiger partial charge is 0.273 e. The van der Waals surface area contributed by atoms with Gasteiger partial charge in [0.1, 0.15) is 11.9 Å². The zero-order valence-electron chi connectivity index (χ0n) is 16.2. The molecule has 1 amide bonds. The predicted octanol–water partition coefficient (Wildman–Crippen LogP) is 2.46. The van der Waals surface area contributed by atoms with Gasteiger partial charge in [-0.2, -0.15) is 4.31 Å². The number of hydrogen-bond donors (Lipinski definition) is 0. The van der Waals surface area contributed by atoms with Crippen molar-refractivity contribution in [1.29, 1.82) is 0 Å². The first-order valence-corrected chi connectivity index (χ1v) is 10.3. The molecule has 1 aliphatic rings. The SMILES string of the molecule is COc1ccc([C@H]2N(C(C)=O)CCN2S(=O)(=O)c2ccc(C)c([N+](=O)[O-])c2)cc1. The summed E-state index contributed by atoms with van der Waals surface area (Å²) in [6.45, 7) is 3.23. The highest BCUT2D eigenvalue weighted by atomic mass is 32.2. The first kappa shape index (κ1) is 20.7. The maximum atomic E-state index is 13.3. The Morgan fingerprint density at radius 2 is 1.83 bits per heavy atom. The average Bonchev–Trinajstić information content (AvgIpc) is 3.14. The number of sulfonamides is 1. The molecule has 0 bridgehead atoms. The lowest BCUT2D eigenvalue weighted by Crippen LogP contribution is -2.37. The van der Waals surface area contributed by atoms with Crippen LogP contribution >= 0.6 is 0 Å². The summed E-state index contributed by atoms with van der Waals surface area (Å²) in [6.07, 6.45) is -0.844. The van der Waals surface area contributed by atoms with Gasteiger partial charge in [-0.1, -0.05) is 18.2 Å². The third kappa shape index (κ3) is 3.81. The van der Waals surface area contributed by atoms with E-state index in [0.29, 0.717) is 16.9 Å². The molecule has 9 nitrogen and oxygen atoms in total. The van der Waals surface area contributed by atoms with Gasteiger partial charge in [0.2, 0.25) is 15.9 Å². The number of benzene rings is 2. The van der Waals surface area contributed by atoms with Crippen LogP contribution in [0, 0.1) is 17.0 Å². The van der Waals surface area contributed by atoms with Crippen LogP contribution in [0.2, 0.25) is 0 Å². The quantitative estimate of drug-likeness (QED) is 0.544. The summed E-state index contributed by atoms with van der Waals surface area (Å²) in [7, 11) is -2.57. The Labute approximate surface area is 168 Å². The highest BCUT2D eigenvalue weighted by Crippen LogP contribution is 2.36. The second-order valence-electron chi connectivity index (χ2n) is 6.68. The van der Waals surface area contributed by atoms with Crippen LogP contribution in [-0.2, 0) is 14.8 Å². The van der Waals surface area contributed by atoms with E-state index in [1.165, 1.54) is 35.4 Å². The normalized spacial score (nSPS) is 17.3. The Kier molecular flexibility index (Phi) is 5.58. The molecule has 10 heteroatoms. The molecule has 2 aromatic rings. The molecule has 1 saturated heterocycles. The molecule has 29 heavy (non-hydrogen) atoms. The van der Waals surface area contributed by atoms with Gasteiger partial charge in [-0.05, 0) is 30.7 Å². The molecule has 0 saturated carbocycles. The number of carbonyl (C=O) groups excluding carboxylic acids is 1. The molecule has 0 unspecified atom stereocenters. The van der Waals surface area contributed by atoms with E-state index >= 15 is 0 Å². The largest absolute Gasteiger partial charge is 0.497 e. The lowest BCUT2D eigenvalue weighted by Gasteiger charge is -2.29. The van der Waals surface area contributed by atoms with Crippen molar-refractivity contribution in [2.75, 3.05) is 20.2 Å². The first-order chi connectivity index (χ1) is 13.7. The number of nitro benzene ring substituents is 1. The fourth-order valence-corrected chi connectivity index (χ4v) is 4.98. The van der Waals surface area contributed by atoms with Crippen LogP contribution in [0.5, 0.6) is 5.75 Å². The topological polar surface area (TPSA) is 110 Å². The molecule has 0 radical (unpaired) electrons. The van der Waals surface area contributed by atoms with E-state index in [0.717, 1.165) is 6.07 Å². The van der Waals surface area contributed by atoms with Crippen molar-refractivity contribution in [3.8, 4) is 5.75 Å². The van der Waals surface area contributed by atoms with Gasteiger partial charge in [-0.15, -0.1) is 0 Å². The van der Waals surface area contributed by atoms with E-state index in [-0.39, 0.29) is 29.6 Å². The molecular formula is C19H21N3O6S.